The van der Waals surface area contributed by atoms with E-state index in [0.717, 1.165) is 24.1 Å². The molecule has 1 atom stereocenters. The molecule has 1 N–H and O–H groups in total. The normalized spacial score (nSPS) is 12.6. The summed E-state index contributed by atoms with van der Waals surface area (Å²) >= 11 is 0. The topological polar surface area (TPSA) is 38.1 Å². The fourth-order valence-corrected chi connectivity index (χ4v) is 1.87. The largest absolute Gasteiger partial charge is 0.384 e. The van der Waals surface area contributed by atoms with Crippen LogP contribution in [0.3, 0.4) is 0 Å². The molecule has 1 aromatic heterocycles. The summed E-state index contributed by atoms with van der Waals surface area (Å²) in [5, 5.41) is 14.4. The Morgan fingerprint density at radius 1 is 1.29 bits per heavy atom. The monoisotopic (exact) mass is 230 g/mol. The van der Waals surface area contributed by atoms with Crippen molar-refractivity contribution in [3.63, 3.8) is 0 Å². The van der Waals surface area contributed by atoms with Crippen LogP contribution in [0.15, 0.2) is 36.7 Å². The zero-order chi connectivity index (χ0) is 12.3. The average Bonchev–Trinajstić information content (AvgIpc) is 2.86. The van der Waals surface area contributed by atoms with E-state index in [2.05, 4.69) is 18.1 Å². The Labute approximate surface area is 102 Å². The Hall–Kier alpha value is -1.61. The molecule has 0 saturated heterocycles. The maximum atomic E-state index is 10.3. The molecule has 0 aliphatic heterocycles. The second-order valence-corrected chi connectivity index (χ2v) is 4.13. The van der Waals surface area contributed by atoms with Crippen LogP contribution in [0.2, 0.25) is 0 Å². The van der Waals surface area contributed by atoms with Crippen molar-refractivity contribution >= 4 is 0 Å². The van der Waals surface area contributed by atoms with Crippen LogP contribution < -0.4 is 0 Å². The number of hydrogen-bond acceptors (Lipinski definition) is 2. The third-order valence-corrected chi connectivity index (χ3v) is 2.97. The van der Waals surface area contributed by atoms with Gasteiger partial charge < -0.3 is 5.11 Å². The molecule has 0 amide bonds. The first kappa shape index (κ1) is 11.9. The smallest absolute Gasteiger partial charge is 0.107 e. The van der Waals surface area contributed by atoms with Gasteiger partial charge in [0.1, 0.15) is 6.10 Å². The third-order valence-electron chi connectivity index (χ3n) is 2.97. The van der Waals surface area contributed by atoms with Crippen molar-refractivity contribution in [2.45, 2.75) is 32.9 Å². The first-order valence-electron chi connectivity index (χ1n) is 6.03. The van der Waals surface area contributed by atoms with E-state index in [1.807, 2.05) is 36.0 Å². The highest BCUT2D eigenvalue weighted by Crippen LogP contribution is 2.22. The lowest BCUT2D eigenvalue weighted by molar-refractivity contribution is 0.220. The van der Waals surface area contributed by atoms with Gasteiger partial charge in [0, 0.05) is 18.3 Å². The van der Waals surface area contributed by atoms with Gasteiger partial charge in [-0.15, -0.1) is 0 Å². The number of aliphatic hydroxyl groups is 1. The minimum Gasteiger partial charge on any atom is -0.384 e. The molecule has 90 valence electrons. The molecular weight excluding hydrogens is 212 g/mol. The molecule has 3 nitrogen and oxygen atoms in total. The van der Waals surface area contributed by atoms with Crippen molar-refractivity contribution in [2.75, 3.05) is 0 Å². The SMILES string of the molecule is CCc1cccc(C(O)c2cnn(CC)c2)c1. The van der Waals surface area contributed by atoms with Crippen LogP contribution in [0, 0.1) is 0 Å². The van der Waals surface area contributed by atoms with Gasteiger partial charge in [-0.1, -0.05) is 31.2 Å². The average molecular weight is 230 g/mol. The number of rotatable bonds is 4. The molecule has 0 saturated carbocycles. The van der Waals surface area contributed by atoms with Crippen molar-refractivity contribution in [1.29, 1.82) is 0 Å². The minimum absolute atomic E-state index is 0.582. The molecular formula is C14H18N2O. The summed E-state index contributed by atoms with van der Waals surface area (Å²) in [5.41, 5.74) is 3.02. The van der Waals surface area contributed by atoms with Gasteiger partial charge in [-0.3, -0.25) is 4.68 Å². The number of hydrogen-bond donors (Lipinski definition) is 1. The van der Waals surface area contributed by atoms with Gasteiger partial charge in [0.25, 0.3) is 0 Å². The predicted octanol–water partition coefficient (Wildman–Crippen LogP) is 2.55. The van der Waals surface area contributed by atoms with Crippen molar-refractivity contribution in [2.24, 2.45) is 0 Å². The lowest BCUT2D eigenvalue weighted by Gasteiger charge is -2.10. The summed E-state index contributed by atoms with van der Waals surface area (Å²) in [6.07, 6.45) is 4.02. The molecule has 17 heavy (non-hydrogen) atoms. The molecule has 0 fully saturated rings. The maximum Gasteiger partial charge on any atom is 0.107 e. The van der Waals surface area contributed by atoms with E-state index in [-0.39, 0.29) is 0 Å². The molecule has 0 bridgehead atoms. The van der Waals surface area contributed by atoms with E-state index in [4.69, 9.17) is 0 Å². The van der Waals surface area contributed by atoms with Crippen LogP contribution >= 0.6 is 0 Å². The van der Waals surface area contributed by atoms with Gasteiger partial charge in [-0.25, -0.2) is 0 Å². The number of nitrogens with zero attached hydrogens (tertiary/aromatic N) is 2. The molecule has 0 radical (unpaired) electrons. The van der Waals surface area contributed by atoms with Crippen LogP contribution in [0.25, 0.3) is 0 Å². The summed E-state index contributed by atoms with van der Waals surface area (Å²) in [4.78, 5) is 0. The first-order valence-corrected chi connectivity index (χ1v) is 6.03. The Morgan fingerprint density at radius 3 is 2.76 bits per heavy atom. The summed E-state index contributed by atoms with van der Waals surface area (Å²) < 4.78 is 1.82. The summed E-state index contributed by atoms with van der Waals surface area (Å²) in [6, 6.07) is 8.06. The standard InChI is InChI=1S/C14H18N2O/c1-3-11-6-5-7-12(8-11)14(17)13-9-15-16(4-2)10-13/h5-10,14,17H,3-4H2,1-2H3. The van der Waals surface area contributed by atoms with Crippen LogP contribution in [0.5, 0.6) is 0 Å². The van der Waals surface area contributed by atoms with Crippen molar-refractivity contribution in [3.05, 3.63) is 53.3 Å². The number of aryl methyl sites for hydroxylation is 2. The van der Waals surface area contributed by atoms with Gasteiger partial charge >= 0.3 is 0 Å². The molecule has 0 spiro atoms. The van der Waals surface area contributed by atoms with E-state index < -0.39 is 6.10 Å². The molecule has 1 heterocycles. The fraction of sp³-hybridized carbons (Fsp3) is 0.357. The highest BCUT2D eigenvalue weighted by Gasteiger charge is 2.12. The molecule has 1 unspecified atom stereocenters. The molecule has 2 rings (SSSR count). The Bertz CT molecular complexity index is 490. The molecule has 2 aromatic rings. The summed E-state index contributed by atoms with van der Waals surface area (Å²) in [7, 11) is 0. The molecule has 3 heteroatoms. The van der Waals surface area contributed by atoms with Gasteiger partial charge in [-0.2, -0.15) is 5.10 Å². The van der Waals surface area contributed by atoms with E-state index in [1.165, 1.54) is 5.56 Å². The highest BCUT2D eigenvalue weighted by molar-refractivity contribution is 5.30. The summed E-state index contributed by atoms with van der Waals surface area (Å²) in [5.74, 6) is 0. The zero-order valence-corrected chi connectivity index (χ0v) is 10.3. The van der Waals surface area contributed by atoms with Crippen molar-refractivity contribution in [1.82, 2.24) is 9.78 Å². The second kappa shape index (κ2) is 5.15. The zero-order valence-electron chi connectivity index (χ0n) is 10.3. The predicted molar refractivity (Wildman–Crippen MR) is 67.8 cm³/mol. The van der Waals surface area contributed by atoms with Crippen molar-refractivity contribution < 1.29 is 5.11 Å². The molecule has 0 aliphatic carbocycles. The molecule has 0 aliphatic rings. The number of aromatic nitrogens is 2. The van der Waals surface area contributed by atoms with E-state index in [9.17, 15) is 5.11 Å². The van der Waals surface area contributed by atoms with Gasteiger partial charge in [-0.05, 0) is 24.5 Å². The van der Waals surface area contributed by atoms with Crippen LogP contribution in [0.1, 0.15) is 36.6 Å². The first-order chi connectivity index (χ1) is 8.24. The van der Waals surface area contributed by atoms with Crippen LogP contribution in [0.4, 0.5) is 0 Å². The molecule has 1 aromatic carbocycles. The van der Waals surface area contributed by atoms with Crippen molar-refractivity contribution in [3.8, 4) is 0 Å². The number of aliphatic hydroxyl groups excluding tert-OH is 1. The van der Waals surface area contributed by atoms with Gasteiger partial charge in [0.15, 0.2) is 0 Å². The fourth-order valence-electron chi connectivity index (χ4n) is 1.87. The lowest BCUT2D eigenvalue weighted by atomic mass is 10.0. The van der Waals surface area contributed by atoms with Gasteiger partial charge in [0.2, 0.25) is 0 Å². The Kier molecular flexibility index (Phi) is 3.59. The van der Waals surface area contributed by atoms with Gasteiger partial charge in [0.05, 0.1) is 6.20 Å². The lowest BCUT2D eigenvalue weighted by Crippen LogP contribution is -1.99. The van der Waals surface area contributed by atoms with Crippen LogP contribution in [-0.2, 0) is 13.0 Å². The Balaban J connectivity index is 2.26. The summed E-state index contributed by atoms with van der Waals surface area (Å²) in [6.45, 7) is 4.96. The second-order valence-electron chi connectivity index (χ2n) is 4.13. The Morgan fingerprint density at radius 2 is 2.12 bits per heavy atom. The maximum absolute atomic E-state index is 10.3. The number of benzene rings is 1. The van der Waals surface area contributed by atoms with E-state index >= 15 is 0 Å². The minimum atomic E-state index is -0.582. The third kappa shape index (κ3) is 2.56. The quantitative estimate of drug-likeness (QED) is 0.876. The van der Waals surface area contributed by atoms with E-state index in [1.54, 1.807) is 6.20 Å². The van der Waals surface area contributed by atoms with E-state index in [0.29, 0.717) is 0 Å². The van der Waals surface area contributed by atoms with Crippen LogP contribution in [-0.4, -0.2) is 14.9 Å². The highest BCUT2D eigenvalue weighted by atomic mass is 16.3.